The van der Waals surface area contributed by atoms with Crippen LogP contribution in [0.2, 0.25) is 0 Å². The number of hydrogen-bond acceptors (Lipinski definition) is 6. The largest absolute Gasteiger partial charge is 0.497 e. The first kappa shape index (κ1) is 15.7. The van der Waals surface area contributed by atoms with Crippen LogP contribution in [0, 0.1) is 0 Å². The Morgan fingerprint density at radius 1 is 1.00 bits per heavy atom. The normalized spacial score (nSPS) is 10.2. The Balaban J connectivity index is 1.92. The fraction of sp³-hybridized carbons (Fsp3) is 0.167. The van der Waals surface area contributed by atoms with Gasteiger partial charge in [0.2, 0.25) is 5.95 Å². The lowest BCUT2D eigenvalue weighted by atomic mass is 10.2. The zero-order valence-electron chi connectivity index (χ0n) is 13.7. The number of nitrogens with one attached hydrogen (secondary N) is 2. The van der Waals surface area contributed by atoms with Gasteiger partial charge < -0.3 is 15.4 Å². The molecule has 0 fully saturated rings. The molecule has 2 N–H and O–H groups in total. The van der Waals surface area contributed by atoms with Crippen molar-refractivity contribution in [1.82, 2.24) is 15.0 Å². The number of anilines is 3. The number of methoxy groups -OCH3 is 1. The Bertz CT molecular complexity index is 790. The van der Waals surface area contributed by atoms with Crippen LogP contribution in [0.25, 0.3) is 11.4 Å². The molecule has 122 valence electrons. The second-order valence-electron chi connectivity index (χ2n) is 5.06. The molecule has 0 saturated carbocycles. The van der Waals surface area contributed by atoms with Gasteiger partial charge in [-0.1, -0.05) is 6.07 Å². The first-order chi connectivity index (χ1) is 11.8. The van der Waals surface area contributed by atoms with Crippen LogP contribution in [0.3, 0.4) is 0 Å². The molecule has 0 radical (unpaired) electrons. The maximum absolute atomic E-state index is 5.17. The van der Waals surface area contributed by atoms with Crippen LogP contribution in [0.5, 0.6) is 5.75 Å². The van der Waals surface area contributed by atoms with E-state index in [1.807, 2.05) is 55.5 Å². The van der Waals surface area contributed by atoms with Gasteiger partial charge in [0, 0.05) is 24.5 Å². The molecule has 6 nitrogen and oxygen atoms in total. The van der Waals surface area contributed by atoms with Crippen LogP contribution in [-0.4, -0.2) is 28.6 Å². The van der Waals surface area contributed by atoms with Gasteiger partial charge in [-0.05, 0) is 43.3 Å². The van der Waals surface area contributed by atoms with Crippen molar-refractivity contribution < 1.29 is 4.74 Å². The molecule has 0 amide bonds. The predicted molar refractivity (Wildman–Crippen MR) is 95.7 cm³/mol. The molecule has 0 aliphatic rings. The van der Waals surface area contributed by atoms with Gasteiger partial charge in [0.25, 0.3) is 0 Å². The summed E-state index contributed by atoms with van der Waals surface area (Å²) in [5.74, 6) is 2.07. The van der Waals surface area contributed by atoms with Gasteiger partial charge in [-0.25, -0.2) is 4.98 Å². The van der Waals surface area contributed by atoms with Crippen molar-refractivity contribution >= 4 is 17.5 Å². The molecule has 2 heterocycles. The molecule has 0 saturated heterocycles. The Labute approximate surface area is 141 Å². The summed E-state index contributed by atoms with van der Waals surface area (Å²) in [7, 11) is 1.64. The van der Waals surface area contributed by atoms with Crippen molar-refractivity contribution in [1.29, 1.82) is 0 Å². The highest BCUT2D eigenvalue weighted by Gasteiger charge is 2.08. The molecule has 0 spiro atoms. The number of ether oxygens (including phenoxy) is 1. The molecule has 0 unspecified atom stereocenters. The highest BCUT2D eigenvalue weighted by molar-refractivity contribution is 5.63. The summed E-state index contributed by atoms with van der Waals surface area (Å²) in [6.45, 7) is 2.81. The van der Waals surface area contributed by atoms with E-state index in [-0.39, 0.29) is 0 Å². The number of pyridine rings is 1. The van der Waals surface area contributed by atoms with Crippen molar-refractivity contribution in [3.8, 4) is 17.1 Å². The molecular formula is C18H19N5O. The molecule has 0 aliphatic carbocycles. The quantitative estimate of drug-likeness (QED) is 0.721. The maximum atomic E-state index is 5.17. The Morgan fingerprint density at radius 3 is 2.50 bits per heavy atom. The van der Waals surface area contributed by atoms with Crippen molar-refractivity contribution in [3.05, 3.63) is 54.7 Å². The number of benzene rings is 1. The summed E-state index contributed by atoms with van der Waals surface area (Å²) in [5, 5.41) is 6.44. The smallest absolute Gasteiger partial charge is 0.229 e. The second-order valence-corrected chi connectivity index (χ2v) is 5.06. The minimum absolute atomic E-state index is 0.513. The maximum Gasteiger partial charge on any atom is 0.229 e. The minimum atomic E-state index is 0.513. The summed E-state index contributed by atoms with van der Waals surface area (Å²) < 4.78 is 5.17. The highest BCUT2D eigenvalue weighted by atomic mass is 16.5. The fourth-order valence-electron chi connectivity index (χ4n) is 2.22. The van der Waals surface area contributed by atoms with E-state index in [4.69, 9.17) is 4.74 Å². The lowest BCUT2D eigenvalue weighted by Gasteiger charge is -2.10. The number of rotatable bonds is 6. The van der Waals surface area contributed by atoms with Gasteiger partial charge in [-0.2, -0.15) is 4.98 Å². The standard InChI is InChI=1S/C18H19N5O/c1-3-19-17-12-16(15-6-4-5-11-20-15)22-18(23-17)21-13-7-9-14(24-2)10-8-13/h4-12H,3H2,1-2H3,(H2,19,21,22,23). The molecule has 2 aromatic heterocycles. The van der Waals surface area contributed by atoms with E-state index in [9.17, 15) is 0 Å². The Kier molecular flexibility index (Phi) is 4.86. The van der Waals surface area contributed by atoms with Gasteiger partial charge in [0.05, 0.1) is 18.5 Å². The van der Waals surface area contributed by atoms with E-state index in [1.54, 1.807) is 13.3 Å². The molecule has 0 aliphatic heterocycles. The zero-order valence-corrected chi connectivity index (χ0v) is 13.7. The number of aromatic nitrogens is 3. The van der Waals surface area contributed by atoms with Crippen molar-refractivity contribution in [2.75, 3.05) is 24.3 Å². The van der Waals surface area contributed by atoms with Gasteiger partial charge in [0.1, 0.15) is 11.6 Å². The first-order valence-electron chi connectivity index (χ1n) is 7.74. The van der Waals surface area contributed by atoms with Gasteiger partial charge in [0.15, 0.2) is 0 Å². The van der Waals surface area contributed by atoms with Crippen LogP contribution < -0.4 is 15.4 Å². The van der Waals surface area contributed by atoms with Gasteiger partial charge in [-0.3, -0.25) is 4.98 Å². The number of hydrogen-bond donors (Lipinski definition) is 2. The van der Waals surface area contributed by atoms with Crippen LogP contribution in [0.15, 0.2) is 54.7 Å². The molecular weight excluding hydrogens is 302 g/mol. The summed E-state index contributed by atoms with van der Waals surface area (Å²) in [6, 6.07) is 15.2. The van der Waals surface area contributed by atoms with E-state index in [1.165, 1.54) is 0 Å². The molecule has 3 aromatic rings. The average Bonchev–Trinajstić information content (AvgIpc) is 2.63. The zero-order chi connectivity index (χ0) is 16.8. The predicted octanol–water partition coefficient (Wildman–Crippen LogP) is 3.72. The van der Waals surface area contributed by atoms with Gasteiger partial charge >= 0.3 is 0 Å². The molecule has 24 heavy (non-hydrogen) atoms. The Morgan fingerprint density at radius 2 is 1.83 bits per heavy atom. The van der Waals surface area contributed by atoms with Crippen LogP contribution in [0.1, 0.15) is 6.92 Å². The molecule has 0 atom stereocenters. The van der Waals surface area contributed by atoms with Crippen molar-refractivity contribution in [2.45, 2.75) is 6.92 Å². The Hall–Kier alpha value is -3.15. The molecule has 3 rings (SSSR count). The fourth-order valence-corrected chi connectivity index (χ4v) is 2.22. The monoisotopic (exact) mass is 321 g/mol. The van der Waals surface area contributed by atoms with Crippen LogP contribution in [0.4, 0.5) is 17.5 Å². The lowest BCUT2D eigenvalue weighted by Crippen LogP contribution is -2.05. The van der Waals surface area contributed by atoms with Crippen molar-refractivity contribution in [3.63, 3.8) is 0 Å². The SMILES string of the molecule is CCNc1cc(-c2ccccn2)nc(Nc2ccc(OC)cc2)n1. The van der Waals surface area contributed by atoms with E-state index < -0.39 is 0 Å². The summed E-state index contributed by atoms with van der Waals surface area (Å²) in [4.78, 5) is 13.4. The minimum Gasteiger partial charge on any atom is -0.497 e. The van der Waals surface area contributed by atoms with E-state index in [0.717, 1.165) is 35.2 Å². The highest BCUT2D eigenvalue weighted by Crippen LogP contribution is 2.22. The van der Waals surface area contributed by atoms with Crippen molar-refractivity contribution in [2.24, 2.45) is 0 Å². The third-order valence-corrected chi connectivity index (χ3v) is 3.36. The lowest BCUT2D eigenvalue weighted by molar-refractivity contribution is 0.415. The van der Waals surface area contributed by atoms with E-state index in [2.05, 4.69) is 25.6 Å². The third-order valence-electron chi connectivity index (χ3n) is 3.36. The average molecular weight is 321 g/mol. The summed E-state index contributed by atoms with van der Waals surface area (Å²) in [5.41, 5.74) is 2.45. The summed E-state index contributed by atoms with van der Waals surface area (Å²) in [6.07, 6.45) is 1.75. The molecule has 0 bridgehead atoms. The van der Waals surface area contributed by atoms with E-state index >= 15 is 0 Å². The molecule has 6 heteroatoms. The van der Waals surface area contributed by atoms with Crippen LogP contribution in [-0.2, 0) is 0 Å². The van der Waals surface area contributed by atoms with Gasteiger partial charge in [-0.15, -0.1) is 0 Å². The first-order valence-corrected chi connectivity index (χ1v) is 7.74. The second kappa shape index (κ2) is 7.41. The van der Waals surface area contributed by atoms with Crippen LogP contribution >= 0.6 is 0 Å². The topological polar surface area (TPSA) is 72.0 Å². The summed E-state index contributed by atoms with van der Waals surface area (Å²) >= 11 is 0. The van der Waals surface area contributed by atoms with E-state index in [0.29, 0.717) is 5.95 Å². The molecule has 1 aromatic carbocycles. The number of nitrogens with zero attached hydrogens (tertiary/aromatic N) is 3. The third kappa shape index (κ3) is 3.78.